The molecular formula is C9H6F2N6. The molecule has 0 amide bonds. The van der Waals surface area contributed by atoms with Crippen LogP contribution in [0.15, 0.2) is 12.1 Å². The summed E-state index contributed by atoms with van der Waals surface area (Å²) < 4.78 is 26.0. The number of hydrogen-bond donors (Lipinski definition) is 3. The van der Waals surface area contributed by atoms with E-state index >= 15 is 0 Å². The Bertz CT molecular complexity index is 662. The Morgan fingerprint density at radius 2 is 1.82 bits per heavy atom. The fourth-order valence-electron chi connectivity index (χ4n) is 1.50. The van der Waals surface area contributed by atoms with Crippen LogP contribution >= 0.6 is 0 Å². The molecule has 17 heavy (non-hydrogen) atoms. The zero-order valence-electron chi connectivity index (χ0n) is 8.33. The fraction of sp³-hybridized carbons (Fsp3) is 0. The zero-order valence-corrected chi connectivity index (χ0v) is 8.33. The van der Waals surface area contributed by atoms with Gasteiger partial charge in [-0.2, -0.15) is 4.98 Å². The minimum atomic E-state index is -0.951. The minimum absolute atomic E-state index is 0.0674. The molecule has 0 saturated heterocycles. The number of nitrogens with one attached hydrogen (secondary N) is 2. The lowest BCUT2D eigenvalue weighted by Crippen LogP contribution is -1.86. The van der Waals surface area contributed by atoms with E-state index in [4.69, 9.17) is 5.73 Å². The number of fused-ring (bicyclic) bond motifs is 1. The summed E-state index contributed by atoms with van der Waals surface area (Å²) in [6, 6.07) is 2.03. The van der Waals surface area contributed by atoms with Crippen molar-refractivity contribution < 1.29 is 8.78 Å². The molecule has 2 heterocycles. The number of nitrogens with two attached hydrogens (primary N) is 1. The van der Waals surface area contributed by atoms with E-state index in [1.165, 1.54) is 0 Å². The molecule has 3 rings (SSSR count). The van der Waals surface area contributed by atoms with Crippen LogP contribution in [0.5, 0.6) is 0 Å². The van der Waals surface area contributed by atoms with Crippen LogP contribution in [0.1, 0.15) is 0 Å². The van der Waals surface area contributed by atoms with E-state index in [-0.39, 0.29) is 5.95 Å². The van der Waals surface area contributed by atoms with E-state index in [0.29, 0.717) is 22.7 Å². The Morgan fingerprint density at radius 3 is 2.53 bits per heavy atom. The normalized spacial score (nSPS) is 11.2. The molecule has 0 fully saturated rings. The molecule has 0 aliphatic rings. The van der Waals surface area contributed by atoms with E-state index in [0.717, 1.165) is 12.1 Å². The van der Waals surface area contributed by atoms with Gasteiger partial charge in [0.25, 0.3) is 0 Å². The number of H-pyrrole nitrogens is 2. The molecule has 0 radical (unpaired) electrons. The highest BCUT2D eigenvalue weighted by Gasteiger charge is 2.12. The Hall–Kier alpha value is -2.51. The summed E-state index contributed by atoms with van der Waals surface area (Å²) in [4.78, 5) is 10.7. The second-order valence-corrected chi connectivity index (χ2v) is 3.41. The summed E-state index contributed by atoms with van der Waals surface area (Å²) >= 11 is 0. The van der Waals surface area contributed by atoms with Crippen molar-refractivity contribution in [2.45, 2.75) is 0 Å². The Morgan fingerprint density at radius 1 is 1.06 bits per heavy atom. The number of imidazole rings is 1. The Labute approximate surface area is 92.9 Å². The number of aromatic nitrogens is 5. The van der Waals surface area contributed by atoms with Gasteiger partial charge in [-0.3, -0.25) is 5.10 Å². The van der Waals surface area contributed by atoms with Crippen LogP contribution in [0, 0.1) is 11.6 Å². The molecule has 0 atom stereocenters. The van der Waals surface area contributed by atoms with Crippen LogP contribution < -0.4 is 5.73 Å². The quantitative estimate of drug-likeness (QED) is 0.591. The Kier molecular flexibility index (Phi) is 1.85. The maximum absolute atomic E-state index is 13.0. The first-order chi connectivity index (χ1) is 8.13. The van der Waals surface area contributed by atoms with E-state index in [9.17, 15) is 8.78 Å². The van der Waals surface area contributed by atoms with Gasteiger partial charge in [0.15, 0.2) is 23.3 Å². The topological polar surface area (TPSA) is 96.3 Å². The molecular weight excluding hydrogens is 230 g/mol. The second-order valence-electron chi connectivity index (χ2n) is 3.41. The largest absolute Gasteiger partial charge is 0.366 e. The van der Waals surface area contributed by atoms with Gasteiger partial charge in [-0.25, -0.2) is 13.8 Å². The molecule has 86 valence electrons. The summed E-state index contributed by atoms with van der Waals surface area (Å²) in [6.07, 6.45) is 0. The molecule has 4 N–H and O–H groups in total. The first kappa shape index (κ1) is 9.70. The van der Waals surface area contributed by atoms with Crippen molar-refractivity contribution in [2.24, 2.45) is 0 Å². The van der Waals surface area contributed by atoms with Crippen molar-refractivity contribution in [1.29, 1.82) is 0 Å². The second kappa shape index (κ2) is 3.24. The van der Waals surface area contributed by atoms with E-state index < -0.39 is 11.6 Å². The van der Waals surface area contributed by atoms with Gasteiger partial charge >= 0.3 is 0 Å². The zero-order chi connectivity index (χ0) is 12.0. The van der Waals surface area contributed by atoms with E-state index in [2.05, 4.69) is 25.1 Å². The first-order valence-electron chi connectivity index (χ1n) is 4.66. The third-order valence-electron chi connectivity index (χ3n) is 2.25. The lowest BCUT2D eigenvalue weighted by atomic mass is 10.3. The van der Waals surface area contributed by atoms with Gasteiger partial charge in [-0.05, 0) is 0 Å². The molecule has 0 aliphatic heterocycles. The van der Waals surface area contributed by atoms with Gasteiger partial charge in [-0.1, -0.05) is 0 Å². The van der Waals surface area contributed by atoms with Gasteiger partial charge in [0.1, 0.15) is 0 Å². The predicted molar refractivity (Wildman–Crippen MR) is 55.8 cm³/mol. The van der Waals surface area contributed by atoms with E-state index in [1.54, 1.807) is 0 Å². The average Bonchev–Trinajstić information content (AvgIpc) is 2.85. The highest BCUT2D eigenvalue weighted by molar-refractivity contribution is 5.78. The smallest absolute Gasteiger partial charge is 0.239 e. The number of anilines is 1. The molecule has 3 aromatic rings. The highest BCUT2D eigenvalue weighted by Crippen LogP contribution is 2.20. The van der Waals surface area contributed by atoms with Gasteiger partial charge in [0.05, 0.1) is 11.0 Å². The van der Waals surface area contributed by atoms with Crippen molar-refractivity contribution in [3.63, 3.8) is 0 Å². The predicted octanol–water partition coefficient (Wildman–Crippen LogP) is 1.21. The SMILES string of the molecule is Nc1n[nH]c(-c2nc3cc(F)c(F)cc3[nH]2)n1. The highest BCUT2D eigenvalue weighted by atomic mass is 19.2. The van der Waals surface area contributed by atoms with Gasteiger partial charge in [0.2, 0.25) is 5.95 Å². The number of benzene rings is 1. The number of aromatic amines is 2. The van der Waals surface area contributed by atoms with Crippen molar-refractivity contribution in [3.05, 3.63) is 23.8 Å². The molecule has 8 heteroatoms. The maximum Gasteiger partial charge on any atom is 0.239 e. The summed E-state index contributed by atoms with van der Waals surface area (Å²) in [7, 11) is 0. The summed E-state index contributed by atoms with van der Waals surface area (Å²) in [6.45, 7) is 0. The van der Waals surface area contributed by atoms with Crippen LogP contribution in [0.3, 0.4) is 0 Å². The van der Waals surface area contributed by atoms with E-state index in [1.807, 2.05) is 0 Å². The molecule has 0 aliphatic carbocycles. The lowest BCUT2D eigenvalue weighted by Gasteiger charge is -1.90. The van der Waals surface area contributed by atoms with Gasteiger partial charge in [0, 0.05) is 12.1 Å². The van der Waals surface area contributed by atoms with Crippen molar-refractivity contribution in [3.8, 4) is 11.6 Å². The molecule has 0 unspecified atom stereocenters. The summed E-state index contributed by atoms with van der Waals surface area (Å²) in [5.74, 6) is -1.20. The van der Waals surface area contributed by atoms with Crippen LogP contribution in [-0.4, -0.2) is 25.1 Å². The van der Waals surface area contributed by atoms with Crippen LogP contribution in [0.25, 0.3) is 22.7 Å². The van der Waals surface area contributed by atoms with Crippen LogP contribution in [0.4, 0.5) is 14.7 Å². The molecule has 1 aromatic carbocycles. The molecule has 2 aromatic heterocycles. The third-order valence-corrected chi connectivity index (χ3v) is 2.25. The fourth-order valence-corrected chi connectivity index (χ4v) is 1.50. The maximum atomic E-state index is 13.0. The molecule has 0 bridgehead atoms. The number of nitrogens with zero attached hydrogens (tertiary/aromatic N) is 3. The van der Waals surface area contributed by atoms with Crippen molar-refractivity contribution in [1.82, 2.24) is 25.1 Å². The monoisotopic (exact) mass is 236 g/mol. The Balaban J connectivity index is 2.19. The number of rotatable bonds is 1. The third kappa shape index (κ3) is 1.50. The molecule has 0 saturated carbocycles. The minimum Gasteiger partial charge on any atom is -0.366 e. The average molecular weight is 236 g/mol. The molecule has 0 spiro atoms. The standard InChI is InChI=1S/C9H6F2N6/c10-3-1-5-6(2-4(3)11)14-7(13-5)8-15-9(12)17-16-8/h1-2H,(H,13,14)(H3,12,15,16,17). The summed E-state index contributed by atoms with van der Waals surface area (Å²) in [5.41, 5.74) is 6.01. The van der Waals surface area contributed by atoms with Crippen LogP contribution in [0.2, 0.25) is 0 Å². The summed E-state index contributed by atoms with van der Waals surface area (Å²) in [5, 5.41) is 6.18. The van der Waals surface area contributed by atoms with Gasteiger partial charge < -0.3 is 10.7 Å². The van der Waals surface area contributed by atoms with Crippen molar-refractivity contribution in [2.75, 3.05) is 5.73 Å². The number of halogens is 2. The van der Waals surface area contributed by atoms with Crippen molar-refractivity contribution >= 4 is 17.0 Å². The van der Waals surface area contributed by atoms with Crippen LogP contribution in [-0.2, 0) is 0 Å². The number of hydrogen-bond acceptors (Lipinski definition) is 4. The van der Waals surface area contributed by atoms with Gasteiger partial charge in [-0.15, -0.1) is 5.10 Å². The number of nitrogen functional groups attached to an aromatic ring is 1. The first-order valence-corrected chi connectivity index (χ1v) is 4.66. The lowest BCUT2D eigenvalue weighted by molar-refractivity contribution is 0.510. The molecule has 6 nitrogen and oxygen atoms in total.